The molecule has 0 aliphatic carbocycles. The van der Waals surface area contributed by atoms with E-state index in [4.69, 9.17) is 14.7 Å². The van der Waals surface area contributed by atoms with E-state index in [0.717, 1.165) is 0 Å². The minimum atomic E-state index is -4.13. The monoisotopic (exact) mass is 430 g/mol. The van der Waals surface area contributed by atoms with Crippen molar-refractivity contribution in [2.45, 2.75) is 64.0 Å². The van der Waals surface area contributed by atoms with Gasteiger partial charge in [0.15, 0.2) is 0 Å². The van der Waals surface area contributed by atoms with Crippen molar-refractivity contribution in [1.29, 1.82) is 0 Å². The second-order valence-electron chi connectivity index (χ2n) is 7.88. The second-order valence-corrected chi connectivity index (χ2v) is 9.56. The lowest BCUT2D eigenvalue weighted by Crippen LogP contribution is -2.48. The Balaban J connectivity index is 3.19. The zero-order chi connectivity index (χ0) is 22.4. The lowest BCUT2D eigenvalue weighted by molar-refractivity contribution is -0.154. The molecule has 0 saturated carbocycles. The molecule has 1 atom stereocenters. The molecule has 0 unspecified atom stereocenters. The maximum absolute atomic E-state index is 12.9. The summed E-state index contributed by atoms with van der Waals surface area (Å²) in [5, 5.41) is 8.88. The van der Waals surface area contributed by atoms with Crippen LogP contribution in [0.2, 0.25) is 0 Å². The number of rotatable bonds is 9. The molecule has 1 rings (SSSR count). The van der Waals surface area contributed by atoms with E-state index >= 15 is 0 Å². The van der Waals surface area contributed by atoms with E-state index in [1.54, 1.807) is 34.6 Å². The van der Waals surface area contributed by atoms with Gasteiger partial charge in [0.25, 0.3) is 5.91 Å². The molecule has 0 aliphatic heterocycles. The molecule has 0 radical (unpaired) electrons. The molecular weight excluding hydrogens is 400 g/mol. The third-order valence-corrected chi connectivity index (χ3v) is 5.46. The quantitative estimate of drug-likeness (QED) is 0.309. The minimum absolute atomic E-state index is 0.0301. The maximum atomic E-state index is 12.9. The van der Waals surface area contributed by atoms with Crippen LogP contribution < -0.4 is 14.9 Å². The summed E-state index contributed by atoms with van der Waals surface area (Å²) in [6, 6.07) is 3.17. The minimum Gasteiger partial charge on any atom is -0.497 e. The number of methoxy groups -OCH3 is 1. The van der Waals surface area contributed by atoms with Gasteiger partial charge in [-0.3, -0.25) is 14.8 Å². The normalized spacial score (nSPS) is 13.1. The van der Waals surface area contributed by atoms with Gasteiger partial charge >= 0.3 is 5.97 Å². The molecule has 0 fully saturated rings. The number of sulfonamides is 1. The molecule has 0 heterocycles. The fourth-order valence-corrected chi connectivity index (χ4v) is 4.16. The maximum Gasteiger partial charge on any atom is 0.306 e. The van der Waals surface area contributed by atoms with Crippen molar-refractivity contribution in [3.8, 4) is 5.75 Å². The molecule has 0 spiro atoms. The highest BCUT2D eigenvalue weighted by Gasteiger charge is 2.30. The first kappa shape index (κ1) is 24.9. The Labute approximate surface area is 171 Å². The van der Waals surface area contributed by atoms with E-state index in [2.05, 4.69) is 4.72 Å². The molecule has 3 N–H and O–H groups in total. The highest BCUT2D eigenvalue weighted by molar-refractivity contribution is 7.89. The van der Waals surface area contributed by atoms with Crippen LogP contribution in [0.25, 0.3) is 0 Å². The average molecular weight is 431 g/mol. The Kier molecular flexibility index (Phi) is 8.61. The molecule has 10 heteroatoms. The summed E-state index contributed by atoms with van der Waals surface area (Å²) in [5.41, 5.74) is 1.16. The summed E-state index contributed by atoms with van der Waals surface area (Å²) in [6.07, 6.45) is 0.0680. The lowest BCUT2D eigenvalue weighted by atomic mass is 10.1. The van der Waals surface area contributed by atoms with Gasteiger partial charge in [0, 0.05) is 6.42 Å². The molecule has 9 nitrogen and oxygen atoms in total. The van der Waals surface area contributed by atoms with E-state index in [1.807, 2.05) is 0 Å². The van der Waals surface area contributed by atoms with Crippen molar-refractivity contribution in [1.82, 2.24) is 10.2 Å². The Hall–Kier alpha value is -2.17. The van der Waals surface area contributed by atoms with Crippen LogP contribution in [0, 0.1) is 5.92 Å². The summed E-state index contributed by atoms with van der Waals surface area (Å²) in [4.78, 5) is 23.8. The van der Waals surface area contributed by atoms with Gasteiger partial charge in [-0.05, 0) is 56.9 Å². The number of carbonyl (C=O) groups is 2. The zero-order valence-corrected chi connectivity index (χ0v) is 18.4. The largest absolute Gasteiger partial charge is 0.497 e. The van der Waals surface area contributed by atoms with Gasteiger partial charge in [0.1, 0.15) is 17.4 Å². The summed E-state index contributed by atoms with van der Waals surface area (Å²) < 4.78 is 38.6. The number of aryl methyl sites for hydroxylation is 1. The second kappa shape index (κ2) is 10.0. The first-order valence-electron chi connectivity index (χ1n) is 9.15. The van der Waals surface area contributed by atoms with Crippen LogP contribution in [-0.2, 0) is 30.8 Å². The summed E-state index contributed by atoms with van der Waals surface area (Å²) in [6.45, 7) is 8.51. The Bertz CT molecular complexity index is 829. The molecule has 1 aromatic carbocycles. The predicted octanol–water partition coefficient (Wildman–Crippen LogP) is 1.78. The molecule has 29 heavy (non-hydrogen) atoms. The smallest absolute Gasteiger partial charge is 0.306 e. The summed E-state index contributed by atoms with van der Waals surface area (Å²) in [7, 11) is -2.68. The van der Waals surface area contributed by atoms with Gasteiger partial charge in [-0.15, -0.1) is 0 Å². The first-order chi connectivity index (χ1) is 13.3. The van der Waals surface area contributed by atoms with Crippen molar-refractivity contribution in [2.24, 2.45) is 5.92 Å². The number of ether oxygens (including phenoxy) is 2. The molecule has 0 aromatic heterocycles. The number of hydrogen-bond acceptors (Lipinski definition) is 7. The van der Waals surface area contributed by atoms with Crippen LogP contribution in [0.4, 0.5) is 0 Å². The van der Waals surface area contributed by atoms with Crippen LogP contribution in [0.5, 0.6) is 5.75 Å². The third-order valence-electron chi connectivity index (χ3n) is 3.92. The predicted molar refractivity (Wildman–Crippen MR) is 106 cm³/mol. The molecule has 1 amide bonds. The van der Waals surface area contributed by atoms with Crippen molar-refractivity contribution in [2.75, 3.05) is 7.11 Å². The van der Waals surface area contributed by atoms with E-state index in [1.165, 1.54) is 30.8 Å². The fraction of sp³-hybridized carbons (Fsp3) is 0.579. The van der Waals surface area contributed by atoms with E-state index in [0.29, 0.717) is 11.3 Å². The van der Waals surface area contributed by atoms with Gasteiger partial charge in [-0.1, -0.05) is 13.8 Å². The van der Waals surface area contributed by atoms with Gasteiger partial charge in [0.2, 0.25) is 10.0 Å². The van der Waals surface area contributed by atoms with Gasteiger partial charge < -0.3 is 9.47 Å². The van der Waals surface area contributed by atoms with Crippen LogP contribution in [0.15, 0.2) is 23.1 Å². The number of hydrogen-bond donors (Lipinski definition) is 3. The van der Waals surface area contributed by atoms with E-state index in [9.17, 15) is 18.0 Å². The molecule has 0 bridgehead atoms. The lowest BCUT2D eigenvalue weighted by Gasteiger charge is -2.22. The zero-order valence-electron chi connectivity index (χ0n) is 17.6. The van der Waals surface area contributed by atoms with Gasteiger partial charge in [-0.25, -0.2) is 13.9 Å². The number of amides is 1. The highest BCUT2D eigenvalue weighted by Crippen LogP contribution is 2.24. The molecule has 0 aliphatic rings. The number of nitrogens with one attached hydrogen (secondary N) is 2. The molecular formula is C19H30N2O7S. The summed E-state index contributed by atoms with van der Waals surface area (Å²) >= 11 is 0. The van der Waals surface area contributed by atoms with Crippen molar-refractivity contribution < 1.29 is 32.7 Å². The van der Waals surface area contributed by atoms with Gasteiger partial charge in [-0.2, -0.15) is 4.72 Å². The van der Waals surface area contributed by atoms with Gasteiger partial charge in [0.05, 0.1) is 12.0 Å². The Morgan fingerprint density at radius 1 is 1.21 bits per heavy atom. The third kappa shape index (κ3) is 7.64. The summed E-state index contributed by atoms with van der Waals surface area (Å²) in [5.74, 6) is -1.32. The molecule has 1 aromatic rings. The molecule has 164 valence electrons. The number of esters is 1. The first-order valence-corrected chi connectivity index (χ1v) is 10.6. The number of carbonyl (C=O) groups excluding carboxylic acids is 2. The van der Waals surface area contributed by atoms with Crippen molar-refractivity contribution >= 4 is 21.9 Å². The SMILES string of the molecule is COc1ccc(S(=O)(=O)N[C@@H](C(=O)NO)C(C)C)c(CCC(=O)OC(C)(C)C)c1. The topological polar surface area (TPSA) is 131 Å². The molecule has 0 saturated heterocycles. The van der Waals surface area contributed by atoms with Crippen molar-refractivity contribution in [3.63, 3.8) is 0 Å². The van der Waals surface area contributed by atoms with E-state index < -0.39 is 39.5 Å². The van der Waals surface area contributed by atoms with Crippen LogP contribution in [-0.4, -0.2) is 44.3 Å². The number of hydroxylamine groups is 1. The van der Waals surface area contributed by atoms with Crippen LogP contribution in [0.3, 0.4) is 0 Å². The fourth-order valence-electron chi connectivity index (χ4n) is 2.56. The van der Waals surface area contributed by atoms with Crippen LogP contribution in [0.1, 0.15) is 46.6 Å². The Morgan fingerprint density at radius 2 is 1.83 bits per heavy atom. The van der Waals surface area contributed by atoms with Crippen LogP contribution >= 0.6 is 0 Å². The average Bonchev–Trinajstić information content (AvgIpc) is 2.61. The van der Waals surface area contributed by atoms with Crippen molar-refractivity contribution in [3.05, 3.63) is 23.8 Å². The Morgan fingerprint density at radius 3 is 2.31 bits per heavy atom. The number of benzene rings is 1. The standard InChI is InChI=1S/C19H30N2O7S/c1-12(2)17(18(23)20-24)21-29(25,26)15-9-8-14(27-6)11-13(15)7-10-16(22)28-19(3,4)5/h8-9,11-12,17,21,24H,7,10H2,1-6H3,(H,20,23)/t17-/m1/s1. The van der Waals surface area contributed by atoms with E-state index in [-0.39, 0.29) is 17.7 Å². The highest BCUT2D eigenvalue weighted by atomic mass is 32.2.